The number of carboxylic acid groups (broad SMARTS) is 1. The van der Waals surface area contributed by atoms with E-state index >= 15 is 0 Å². The van der Waals surface area contributed by atoms with E-state index in [0.29, 0.717) is 48.9 Å². The van der Waals surface area contributed by atoms with Crippen molar-refractivity contribution in [2.24, 2.45) is 11.8 Å². The Labute approximate surface area is 378 Å². The maximum Gasteiger partial charge on any atom is 0.411 e. The second-order valence-corrected chi connectivity index (χ2v) is 18.9. The summed E-state index contributed by atoms with van der Waals surface area (Å²) in [5.41, 5.74) is 1.55. The largest absolute Gasteiger partial charge is 0.495 e. The van der Waals surface area contributed by atoms with E-state index in [4.69, 9.17) is 19.3 Å². The number of halogens is 4. The number of sulfonamides is 1. The zero-order chi connectivity index (χ0) is 48.0. The van der Waals surface area contributed by atoms with E-state index in [1.165, 1.54) is 41.7 Å². The number of rotatable bonds is 16. The third kappa shape index (κ3) is 11.6. The molecule has 0 bridgehead atoms. The number of nitrogens with zero attached hydrogens (tertiary/aromatic N) is 3. The van der Waals surface area contributed by atoms with Gasteiger partial charge in [-0.15, -0.1) is 0 Å². The average Bonchev–Trinajstić information content (AvgIpc) is 3.80. The van der Waals surface area contributed by atoms with Crippen molar-refractivity contribution in [1.82, 2.24) is 30.1 Å². The summed E-state index contributed by atoms with van der Waals surface area (Å²) in [6.07, 6.45) is 1.80. The second kappa shape index (κ2) is 20.2. The van der Waals surface area contributed by atoms with Crippen LogP contribution in [0.4, 0.5) is 28.0 Å². The fraction of sp³-hybridized carbons (Fsp3) is 0.455. The van der Waals surface area contributed by atoms with Gasteiger partial charge in [0.1, 0.15) is 22.3 Å². The predicted molar refractivity (Wildman–Crippen MR) is 230 cm³/mol. The van der Waals surface area contributed by atoms with Crippen LogP contribution in [0.25, 0.3) is 22.5 Å². The number of aliphatic carboxylic acids is 1. The fourth-order valence-corrected chi connectivity index (χ4v) is 9.06. The van der Waals surface area contributed by atoms with Gasteiger partial charge in [-0.05, 0) is 105 Å². The van der Waals surface area contributed by atoms with Crippen LogP contribution in [0.2, 0.25) is 0 Å². The van der Waals surface area contributed by atoms with Crippen molar-refractivity contribution < 1.29 is 64.5 Å². The molecule has 0 unspecified atom stereocenters. The van der Waals surface area contributed by atoms with Gasteiger partial charge in [0.15, 0.2) is 5.82 Å². The Kier molecular flexibility index (Phi) is 15.1. The number of carboxylic acids is 1. The summed E-state index contributed by atoms with van der Waals surface area (Å²) in [5.74, 6) is -17.0. The van der Waals surface area contributed by atoms with Gasteiger partial charge in [0.2, 0.25) is 27.7 Å². The number of alkyl halides is 4. The highest BCUT2D eigenvalue weighted by molar-refractivity contribution is 7.89. The number of H-pyrrole nitrogens is 1. The number of anilines is 1. The lowest BCUT2D eigenvalue weighted by Gasteiger charge is -2.29. The summed E-state index contributed by atoms with van der Waals surface area (Å²) in [6.45, 7) is 6.63. The minimum Gasteiger partial charge on any atom is -0.495 e. The van der Waals surface area contributed by atoms with Crippen LogP contribution in [0.3, 0.4) is 0 Å². The highest BCUT2D eigenvalue weighted by atomic mass is 32.2. The van der Waals surface area contributed by atoms with E-state index in [1.54, 1.807) is 57.2 Å². The van der Waals surface area contributed by atoms with Gasteiger partial charge < -0.3 is 35.3 Å². The van der Waals surface area contributed by atoms with E-state index in [1.807, 2.05) is 0 Å². The summed E-state index contributed by atoms with van der Waals surface area (Å²) >= 11 is 0. The number of ether oxygens (including phenoxy) is 3. The molecule has 2 heterocycles. The average molecular weight is 946 g/mol. The van der Waals surface area contributed by atoms with Crippen LogP contribution in [0.1, 0.15) is 57.8 Å². The first-order chi connectivity index (χ1) is 31.1. The number of hydrogen-bond acceptors (Lipinski definition) is 11. The second-order valence-electron chi connectivity index (χ2n) is 17.0. The molecule has 1 atom stereocenters. The summed E-state index contributed by atoms with van der Waals surface area (Å²) < 4.78 is 101. The molecule has 22 heteroatoms. The Morgan fingerprint density at radius 1 is 0.909 bits per heavy atom. The van der Waals surface area contributed by atoms with Crippen molar-refractivity contribution in [3.8, 4) is 28.3 Å². The number of methoxy groups -OCH3 is 1. The molecule has 356 valence electrons. The molecule has 2 fully saturated rings. The van der Waals surface area contributed by atoms with Gasteiger partial charge in [-0.3, -0.25) is 14.7 Å². The molecule has 1 saturated carbocycles. The zero-order valence-electron chi connectivity index (χ0n) is 36.5. The lowest BCUT2D eigenvalue weighted by molar-refractivity contribution is -0.231. The summed E-state index contributed by atoms with van der Waals surface area (Å²) in [4.78, 5) is 54.1. The van der Waals surface area contributed by atoms with Crippen LogP contribution in [-0.4, -0.2) is 114 Å². The molecule has 17 nitrogen and oxygen atoms in total. The van der Waals surface area contributed by atoms with Crippen LogP contribution in [-0.2, 0) is 46.2 Å². The van der Waals surface area contributed by atoms with Gasteiger partial charge in [0.25, 0.3) is 0 Å². The van der Waals surface area contributed by atoms with E-state index in [-0.39, 0.29) is 72.3 Å². The Morgan fingerprint density at radius 3 is 2.14 bits per heavy atom. The van der Waals surface area contributed by atoms with E-state index in [0.717, 1.165) is 0 Å². The highest BCUT2D eigenvalue weighted by Crippen LogP contribution is 2.42. The van der Waals surface area contributed by atoms with Crippen LogP contribution in [0.15, 0.2) is 71.6 Å². The molecular formula is C44H51F4N7O10S. The van der Waals surface area contributed by atoms with Gasteiger partial charge in [0, 0.05) is 43.2 Å². The molecule has 5 N–H and O–H groups in total. The zero-order valence-corrected chi connectivity index (χ0v) is 37.4. The molecule has 6 rings (SSSR count). The SMILES string of the molecule is COc1ccc(-c2ccc(C[C@H](NC(=O)[C@H]3CC[C@H](CNC(=O)OC(C)(C)C)CC3)C(=O)Nc3ccc(-c4nc(C(F)(F)C(F)(F)C(=O)O)n[nH]4)cc3)cc2)cc1S(=O)(=O)N1CCOCC1. The van der Waals surface area contributed by atoms with E-state index < -0.39 is 63.2 Å². The van der Waals surface area contributed by atoms with Crippen molar-refractivity contribution in [3.63, 3.8) is 0 Å². The molecule has 3 amide bonds. The summed E-state index contributed by atoms with van der Waals surface area (Å²) in [7, 11) is -2.53. The molecule has 1 saturated heterocycles. The van der Waals surface area contributed by atoms with Crippen LogP contribution in [0.5, 0.6) is 5.75 Å². The Hall–Kier alpha value is -6.13. The van der Waals surface area contributed by atoms with Crippen LogP contribution >= 0.6 is 0 Å². The monoisotopic (exact) mass is 945 g/mol. The van der Waals surface area contributed by atoms with Crippen molar-refractivity contribution >= 4 is 39.6 Å². The number of alkyl carbamates (subject to hydrolysis) is 1. The van der Waals surface area contributed by atoms with Crippen molar-refractivity contribution in [1.29, 1.82) is 0 Å². The third-order valence-corrected chi connectivity index (χ3v) is 13.0. The molecule has 0 spiro atoms. The van der Waals surface area contributed by atoms with Gasteiger partial charge in [0.05, 0.1) is 20.3 Å². The standard InChI is InChI=1S/C44H51F4N7O10S/c1-42(2,3)65-41(60)49-25-27-7-11-30(12-8-27)37(56)51-33(38(57)50-32-16-13-29(14-17-32)36-52-39(54-53-36)43(45,46)44(47,48)40(58)59)23-26-5-9-28(10-6-26)31-15-18-34(63-4)35(24-31)66(61,62)55-19-21-64-22-20-55/h5-6,9-10,13-18,24,27,30,33H,7-8,11-12,19-23,25H2,1-4H3,(H,49,60)(H,50,57)(H,51,56)(H,58,59)(H,52,53,54)/t27-,30-,33-/m0/s1. The van der Waals surface area contributed by atoms with Gasteiger partial charge >= 0.3 is 23.9 Å². The predicted octanol–water partition coefficient (Wildman–Crippen LogP) is 5.98. The number of morpholine rings is 1. The van der Waals surface area contributed by atoms with Gasteiger partial charge in [-0.1, -0.05) is 30.3 Å². The number of hydrogen-bond donors (Lipinski definition) is 5. The smallest absolute Gasteiger partial charge is 0.411 e. The van der Waals surface area contributed by atoms with Crippen molar-refractivity contribution in [2.75, 3.05) is 45.3 Å². The van der Waals surface area contributed by atoms with Crippen molar-refractivity contribution in [2.45, 2.75) is 81.3 Å². The van der Waals surface area contributed by atoms with Gasteiger partial charge in [-0.25, -0.2) is 23.0 Å². The molecule has 1 aromatic heterocycles. The highest BCUT2D eigenvalue weighted by Gasteiger charge is 2.66. The lowest BCUT2D eigenvalue weighted by atomic mass is 9.81. The number of aromatic amines is 1. The Balaban J connectivity index is 1.17. The minimum atomic E-state index is -5.48. The van der Waals surface area contributed by atoms with E-state index in [9.17, 15) is 45.2 Å². The summed E-state index contributed by atoms with van der Waals surface area (Å²) in [5, 5.41) is 22.2. The maximum atomic E-state index is 14.3. The molecule has 0 radical (unpaired) electrons. The third-order valence-electron chi connectivity index (χ3n) is 11.1. The molecule has 1 aliphatic carbocycles. The molecule has 3 aromatic carbocycles. The number of carbonyl (C=O) groups is 4. The molecule has 1 aliphatic heterocycles. The quantitative estimate of drug-likeness (QED) is 0.0818. The van der Waals surface area contributed by atoms with Crippen molar-refractivity contribution in [3.05, 3.63) is 78.1 Å². The van der Waals surface area contributed by atoms with Crippen LogP contribution in [0, 0.1) is 11.8 Å². The van der Waals surface area contributed by atoms with Gasteiger partial charge in [-0.2, -0.15) is 27.0 Å². The number of amides is 3. The molecule has 2 aliphatic rings. The normalized spacial score (nSPS) is 17.9. The molecule has 4 aromatic rings. The Morgan fingerprint density at radius 2 is 1.53 bits per heavy atom. The van der Waals surface area contributed by atoms with Crippen LogP contribution < -0.4 is 20.7 Å². The number of nitrogens with one attached hydrogen (secondary N) is 4. The summed E-state index contributed by atoms with van der Waals surface area (Å²) in [6, 6.07) is 16.2. The molecule has 66 heavy (non-hydrogen) atoms. The minimum absolute atomic E-state index is 0.00168. The first-order valence-electron chi connectivity index (χ1n) is 21.0. The number of carbonyl (C=O) groups excluding carboxylic acids is 3. The fourth-order valence-electron chi connectivity index (χ4n) is 7.47. The number of aromatic nitrogens is 3. The number of benzene rings is 3. The first kappa shape index (κ1) is 49.3. The molecular weight excluding hydrogens is 895 g/mol. The topological polar surface area (TPSA) is 231 Å². The lowest BCUT2D eigenvalue weighted by Crippen LogP contribution is -2.48. The maximum absolute atomic E-state index is 14.3. The van der Waals surface area contributed by atoms with E-state index in [2.05, 4.69) is 31.1 Å². The Bertz CT molecular complexity index is 2490. The first-order valence-corrected chi connectivity index (χ1v) is 22.5.